The van der Waals surface area contributed by atoms with E-state index in [9.17, 15) is 9.59 Å². The number of para-hydroxylation sites is 2. The highest BCUT2D eigenvalue weighted by molar-refractivity contribution is 5.78. The van der Waals surface area contributed by atoms with Crippen molar-refractivity contribution in [2.75, 3.05) is 19.6 Å². The summed E-state index contributed by atoms with van der Waals surface area (Å²) < 4.78 is 5.86. The van der Waals surface area contributed by atoms with Crippen LogP contribution in [-0.2, 0) is 17.8 Å². The van der Waals surface area contributed by atoms with Gasteiger partial charge >= 0.3 is 0 Å². The summed E-state index contributed by atoms with van der Waals surface area (Å²) in [6.45, 7) is 3.73. The van der Waals surface area contributed by atoms with Crippen molar-refractivity contribution in [3.05, 3.63) is 70.3 Å². The fourth-order valence-corrected chi connectivity index (χ4v) is 3.56. The van der Waals surface area contributed by atoms with Gasteiger partial charge in [0.1, 0.15) is 17.7 Å². The molecule has 7 heteroatoms. The Kier molecular flexibility index (Phi) is 5.57. The number of carbonyl (C=O) groups is 1. The van der Waals surface area contributed by atoms with Gasteiger partial charge < -0.3 is 15.0 Å². The van der Waals surface area contributed by atoms with Crippen LogP contribution in [0.1, 0.15) is 18.3 Å². The number of rotatable bonds is 7. The molecule has 0 radical (unpaired) electrons. The maximum atomic E-state index is 12.4. The molecular weight excluding hydrogens is 368 g/mol. The van der Waals surface area contributed by atoms with Gasteiger partial charge in [-0.25, -0.2) is 4.98 Å². The van der Waals surface area contributed by atoms with Crippen LogP contribution in [0.4, 0.5) is 0 Å². The molecule has 1 atom stereocenters. The van der Waals surface area contributed by atoms with Gasteiger partial charge in [0.05, 0.1) is 30.5 Å². The summed E-state index contributed by atoms with van der Waals surface area (Å²) >= 11 is 0. The Balaban J connectivity index is 1.32. The summed E-state index contributed by atoms with van der Waals surface area (Å²) in [5.74, 6) is 1.38. The summed E-state index contributed by atoms with van der Waals surface area (Å²) in [6.07, 6.45) is 0.765. The number of likely N-dealkylation sites (N-methyl/N-ethyl adjacent to an activating group) is 1. The summed E-state index contributed by atoms with van der Waals surface area (Å²) in [5, 5.41) is 3.52. The van der Waals surface area contributed by atoms with Crippen molar-refractivity contribution in [2.24, 2.45) is 0 Å². The number of H-pyrrole nitrogens is 1. The van der Waals surface area contributed by atoms with Crippen molar-refractivity contribution >= 4 is 16.8 Å². The summed E-state index contributed by atoms with van der Waals surface area (Å²) in [6, 6.07) is 15.2. The Morgan fingerprint density at radius 1 is 1.24 bits per heavy atom. The zero-order valence-electron chi connectivity index (χ0n) is 16.4. The maximum Gasteiger partial charge on any atom is 0.258 e. The molecule has 1 aliphatic rings. The lowest BCUT2D eigenvalue weighted by Crippen LogP contribution is -2.41. The lowest BCUT2D eigenvalue weighted by molar-refractivity contribution is -0.122. The lowest BCUT2D eigenvalue weighted by Gasteiger charge is -2.20. The van der Waals surface area contributed by atoms with Gasteiger partial charge in [0.15, 0.2) is 0 Å². The molecule has 4 rings (SSSR count). The molecule has 150 valence electrons. The van der Waals surface area contributed by atoms with Crippen molar-refractivity contribution in [3.8, 4) is 5.75 Å². The number of hydrogen-bond acceptors (Lipinski definition) is 5. The molecule has 0 saturated carbocycles. The smallest absolute Gasteiger partial charge is 0.258 e. The van der Waals surface area contributed by atoms with Crippen molar-refractivity contribution in [1.29, 1.82) is 0 Å². The van der Waals surface area contributed by atoms with E-state index < -0.39 is 0 Å². The number of carbonyl (C=O) groups excluding carboxylic acids is 1. The zero-order chi connectivity index (χ0) is 20.2. The van der Waals surface area contributed by atoms with Gasteiger partial charge in [-0.2, -0.15) is 0 Å². The van der Waals surface area contributed by atoms with Gasteiger partial charge in [-0.05, 0) is 30.3 Å². The Hall–Kier alpha value is -3.19. The number of hydrogen-bond donors (Lipinski definition) is 2. The average molecular weight is 392 g/mol. The minimum Gasteiger partial charge on any atom is -0.488 e. The third kappa shape index (κ3) is 4.46. The van der Waals surface area contributed by atoms with Crippen molar-refractivity contribution in [2.45, 2.75) is 26.0 Å². The van der Waals surface area contributed by atoms with Crippen molar-refractivity contribution in [3.63, 3.8) is 0 Å². The third-order valence-electron chi connectivity index (χ3n) is 5.09. The van der Waals surface area contributed by atoms with Gasteiger partial charge in [-0.15, -0.1) is 0 Å². The molecule has 2 heterocycles. The molecule has 2 aromatic carbocycles. The predicted molar refractivity (Wildman–Crippen MR) is 111 cm³/mol. The van der Waals surface area contributed by atoms with Gasteiger partial charge in [0.25, 0.3) is 5.56 Å². The van der Waals surface area contributed by atoms with Gasteiger partial charge in [-0.1, -0.05) is 37.3 Å². The summed E-state index contributed by atoms with van der Waals surface area (Å²) in [4.78, 5) is 33.9. The second-order valence-corrected chi connectivity index (χ2v) is 7.19. The first-order valence-corrected chi connectivity index (χ1v) is 9.84. The summed E-state index contributed by atoms with van der Waals surface area (Å²) in [5.41, 5.74) is 1.67. The Labute approximate surface area is 168 Å². The number of aromatic amines is 1. The van der Waals surface area contributed by atoms with Crippen LogP contribution in [0.15, 0.2) is 53.3 Å². The monoisotopic (exact) mass is 392 g/mol. The number of aromatic nitrogens is 2. The third-order valence-corrected chi connectivity index (χ3v) is 5.09. The van der Waals surface area contributed by atoms with Crippen LogP contribution >= 0.6 is 0 Å². The molecule has 1 unspecified atom stereocenters. The van der Waals surface area contributed by atoms with Gasteiger partial charge in [0.2, 0.25) is 5.91 Å². The topological polar surface area (TPSA) is 87.3 Å². The van der Waals surface area contributed by atoms with Crippen LogP contribution in [0.3, 0.4) is 0 Å². The molecule has 2 N–H and O–H groups in total. The fourth-order valence-electron chi connectivity index (χ4n) is 3.56. The first-order valence-electron chi connectivity index (χ1n) is 9.84. The lowest BCUT2D eigenvalue weighted by atomic mass is 10.1. The minimum atomic E-state index is -0.163. The van der Waals surface area contributed by atoms with Crippen molar-refractivity contribution in [1.82, 2.24) is 20.2 Å². The summed E-state index contributed by atoms with van der Waals surface area (Å²) in [7, 11) is 0. The van der Waals surface area contributed by atoms with E-state index in [0.29, 0.717) is 36.4 Å². The molecule has 0 aliphatic carbocycles. The highest BCUT2D eigenvalue weighted by Gasteiger charge is 2.23. The van der Waals surface area contributed by atoms with E-state index in [4.69, 9.17) is 4.74 Å². The molecule has 29 heavy (non-hydrogen) atoms. The van der Waals surface area contributed by atoms with Crippen LogP contribution in [0, 0.1) is 0 Å². The van der Waals surface area contributed by atoms with E-state index in [2.05, 4.69) is 15.3 Å². The van der Waals surface area contributed by atoms with Gasteiger partial charge in [-0.3, -0.25) is 14.5 Å². The van der Waals surface area contributed by atoms with Crippen LogP contribution in [0.2, 0.25) is 0 Å². The van der Waals surface area contributed by atoms with E-state index in [1.165, 1.54) is 5.56 Å². The quantitative estimate of drug-likeness (QED) is 0.641. The number of benzene rings is 2. The van der Waals surface area contributed by atoms with Crippen molar-refractivity contribution < 1.29 is 9.53 Å². The molecule has 3 aromatic rings. The molecular formula is C22H24N4O3. The average Bonchev–Trinajstić information content (AvgIpc) is 3.15. The molecule has 1 aliphatic heterocycles. The second-order valence-electron chi connectivity index (χ2n) is 7.19. The molecule has 1 amide bonds. The number of ether oxygens (including phenoxy) is 1. The van der Waals surface area contributed by atoms with E-state index in [0.717, 1.165) is 12.2 Å². The first-order chi connectivity index (χ1) is 14.1. The highest BCUT2D eigenvalue weighted by atomic mass is 16.5. The van der Waals surface area contributed by atoms with E-state index >= 15 is 0 Å². The first kappa shape index (κ1) is 19.1. The Bertz CT molecular complexity index is 1050. The molecule has 7 nitrogen and oxygen atoms in total. The molecule has 0 spiro atoms. The van der Waals surface area contributed by atoms with E-state index in [1.54, 1.807) is 6.07 Å². The van der Waals surface area contributed by atoms with Crippen LogP contribution < -0.4 is 15.6 Å². The minimum absolute atomic E-state index is 0.0371. The standard InChI is InChI=1S/C22H24N4O3/c1-2-26(13-20-24-18-9-5-4-8-17(18)22(28)25-20)14-21(27)23-12-16-11-15-7-3-6-10-19(15)29-16/h3-10,16H,2,11-14H2,1H3,(H,23,27)(H,24,25,28). The fraction of sp³-hybridized carbons (Fsp3) is 0.318. The van der Waals surface area contributed by atoms with Crippen LogP contribution in [-0.4, -0.2) is 46.5 Å². The molecule has 0 saturated heterocycles. The normalized spacial score (nSPS) is 15.3. The molecule has 0 fully saturated rings. The number of nitrogens with one attached hydrogen (secondary N) is 2. The second kappa shape index (κ2) is 8.45. The number of nitrogens with zero attached hydrogens (tertiary/aromatic N) is 2. The van der Waals surface area contributed by atoms with E-state index in [-0.39, 0.29) is 24.1 Å². The zero-order valence-corrected chi connectivity index (χ0v) is 16.4. The van der Waals surface area contributed by atoms with Crippen LogP contribution in [0.25, 0.3) is 10.9 Å². The maximum absolute atomic E-state index is 12.4. The molecule has 0 bridgehead atoms. The Morgan fingerprint density at radius 3 is 2.86 bits per heavy atom. The SMILES string of the molecule is CCN(CC(=O)NCC1Cc2ccccc2O1)Cc1nc2ccccc2c(=O)[nH]1. The highest BCUT2D eigenvalue weighted by Crippen LogP contribution is 2.27. The van der Waals surface area contributed by atoms with Crippen LogP contribution in [0.5, 0.6) is 5.75 Å². The van der Waals surface area contributed by atoms with Gasteiger partial charge in [0, 0.05) is 6.42 Å². The van der Waals surface area contributed by atoms with E-state index in [1.807, 2.05) is 54.3 Å². The Morgan fingerprint density at radius 2 is 2.03 bits per heavy atom. The number of fused-ring (bicyclic) bond motifs is 2. The predicted octanol–water partition coefficient (Wildman–Crippen LogP) is 1.86. The molecule has 1 aromatic heterocycles. The largest absolute Gasteiger partial charge is 0.488 e. The number of amides is 1.